The second-order valence-electron chi connectivity index (χ2n) is 8.93. The third-order valence-corrected chi connectivity index (χ3v) is 7.27. The van der Waals surface area contributed by atoms with Gasteiger partial charge in [0.15, 0.2) is 0 Å². The Morgan fingerprint density at radius 2 is 1.79 bits per heavy atom. The summed E-state index contributed by atoms with van der Waals surface area (Å²) >= 11 is 0. The molecule has 200 valence electrons. The van der Waals surface area contributed by atoms with E-state index in [0.717, 1.165) is 17.2 Å². The van der Waals surface area contributed by atoms with Crippen LogP contribution in [-0.2, 0) is 0 Å². The van der Waals surface area contributed by atoms with E-state index in [1.807, 2.05) is 23.6 Å². The predicted octanol–water partition coefficient (Wildman–Crippen LogP) is 7.59. The van der Waals surface area contributed by atoms with Crippen LogP contribution in [0.5, 0.6) is 0 Å². The lowest BCUT2D eigenvalue weighted by Gasteiger charge is -2.40. The third kappa shape index (κ3) is 4.94. The minimum atomic E-state index is -10.1. The second-order valence-corrected chi connectivity index (χ2v) is 11.3. The number of aryl methyl sites for hydroxylation is 1. The third-order valence-electron chi connectivity index (χ3n) is 6.14. The van der Waals surface area contributed by atoms with Gasteiger partial charge in [0, 0.05) is 47.7 Å². The molecule has 2 aromatic carbocycles. The van der Waals surface area contributed by atoms with Gasteiger partial charge in [0.2, 0.25) is 0 Å². The smallest absolute Gasteiger partial charge is 0.310 e. The van der Waals surface area contributed by atoms with Crippen molar-refractivity contribution in [1.29, 1.82) is 5.26 Å². The zero-order valence-electron chi connectivity index (χ0n) is 20.4. The van der Waals surface area contributed by atoms with Crippen LogP contribution >= 0.6 is 10.2 Å². The lowest BCUT2D eigenvalue weighted by molar-refractivity contribution is 0.102. The first kappa shape index (κ1) is 25.9. The summed E-state index contributed by atoms with van der Waals surface area (Å²) in [7, 11) is -10.1. The molecule has 0 atom stereocenters. The normalized spacial score (nSPS) is 13.5. The molecule has 7 nitrogen and oxygen atoms in total. The molecule has 3 aromatic heterocycles. The van der Waals surface area contributed by atoms with E-state index in [4.69, 9.17) is 5.26 Å². The Kier molecular flexibility index (Phi) is 5.42. The van der Waals surface area contributed by atoms with Gasteiger partial charge in [-0.05, 0) is 61.4 Å². The van der Waals surface area contributed by atoms with E-state index in [0.29, 0.717) is 22.6 Å². The Hall–Kier alpha value is -4.70. The maximum atomic E-state index is 13.4. The zero-order chi connectivity index (χ0) is 28.2. The number of aromatic nitrogens is 4. The summed E-state index contributed by atoms with van der Waals surface area (Å²) < 4.78 is 70.7. The van der Waals surface area contributed by atoms with Crippen LogP contribution in [0.25, 0.3) is 22.6 Å². The van der Waals surface area contributed by atoms with Crippen LogP contribution in [0.1, 0.15) is 27.0 Å². The fourth-order valence-corrected chi connectivity index (χ4v) is 4.98. The molecule has 0 bridgehead atoms. The molecule has 0 radical (unpaired) electrons. The first-order chi connectivity index (χ1) is 18.1. The van der Waals surface area contributed by atoms with Crippen molar-refractivity contribution in [3.05, 3.63) is 95.6 Å². The van der Waals surface area contributed by atoms with E-state index < -0.39 is 32.2 Å². The number of benzene rings is 2. The maximum Gasteiger partial charge on any atom is 0.310 e. The summed E-state index contributed by atoms with van der Waals surface area (Å²) in [5, 5.41) is 16.1. The molecule has 0 aliphatic rings. The molecule has 1 amide bonds. The van der Waals surface area contributed by atoms with Gasteiger partial charge in [-0.1, -0.05) is 25.5 Å². The van der Waals surface area contributed by atoms with E-state index in [-0.39, 0.29) is 17.8 Å². The molecule has 5 rings (SSSR count). The SMILES string of the molecule is Cc1ccc(NC(=O)c2cc(C#N)cc(S(F)(F)(F)(F)F)c2)c(C)c1-n1ccn2nc(-c3cccnc3)cc12. The highest BCUT2D eigenvalue weighted by atomic mass is 32.5. The average molecular weight is 559 g/mol. The fraction of sp³-hybridized carbons (Fsp3) is 0.0769. The Morgan fingerprint density at radius 1 is 1.03 bits per heavy atom. The molecule has 13 heteroatoms. The number of imidazole rings is 1. The Bertz CT molecular complexity index is 1820. The lowest BCUT2D eigenvalue weighted by atomic mass is 10.1. The number of anilines is 1. The van der Waals surface area contributed by atoms with Gasteiger partial charge in [-0.3, -0.25) is 14.3 Å². The number of carbonyl (C=O) groups is 1. The molecule has 39 heavy (non-hydrogen) atoms. The molecule has 0 unspecified atom stereocenters. The molecule has 0 aliphatic carbocycles. The standard InChI is InChI=1S/C26H19F5N6OS/c1-16-5-6-22(34-26(38)20-10-18(14-32)11-21(12-20)39(27,28,29,30)31)17(2)25(16)36-8-9-37-24(36)13-23(35-37)19-4-3-7-33-15-19/h3-13,15H,1-2H3,(H,34,38). The fourth-order valence-electron chi connectivity index (χ4n) is 4.28. The van der Waals surface area contributed by atoms with E-state index in [2.05, 4.69) is 15.4 Å². The summed E-state index contributed by atoms with van der Waals surface area (Å²) in [6.45, 7) is 3.55. The number of nitrogens with zero attached hydrogens (tertiary/aromatic N) is 5. The van der Waals surface area contributed by atoms with Gasteiger partial charge in [-0.15, -0.1) is 0 Å². The highest BCUT2D eigenvalue weighted by Gasteiger charge is 2.65. The number of pyridine rings is 1. The first-order valence-corrected chi connectivity index (χ1v) is 13.3. The topological polar surface area (TPSA) is 88.0 Å². The average Bonchev–Trinajstić information content (AvgIpc) is 3.46. The molecule has 5 aromatic rings. The van der Waals surface area contributed by atoms with Crippen molar-refractivity contribution in [1.82, 2.24) is 19.2 Å². The lowest BCUT2D eigenvalue weighted by Crippen LogP contribution is -2.16. The number of hydrogen-bond acceptors (Lipinski definition) is 4. The van der Waals surface area contributed by atoms with Crippen molar-refractivity contribution in [2.45, 2.75) is 18.7 Å². The van der Waals surface area contributed by atoms with E-state index in [9.17, 15) is 24.2 Å². The summed E-state index contributed by atoms with van der Waals surface area (Å²) in [5.74, 6) is -1.08. The zero-order valence-corrected chi connectivity index (χ0v) is 21.2. The second kappa shape index (κ2) is 8.15. The quantitative estimate of drug-likeness (QED) is 0.225. The summed E-state index contributed by atoms with van der Waals surface area (Å²) in [4.78, 5) is 14.7. The highest BCUT2D eigenvalue weighted by molar-refractivity contribution is 8.45. The number of amides is 1. The van der Waals surface area contributed by atoms with Gasteiger partial charge in [0.1, 0.15) is 10.5 Å². The van der Waals surface area contributed by atoms with Crippen LogP contribution in [-0.4, -0.2) is 25.1 Å². The van der Waals surface area contributed by atoms with Crippen LogP contribution in [0, 0.1) is 25.2 Å². The molecular weight excluding hydrogens is 539 g/mol. The number of nitriles is 1. The molecule has 0 saturated heterocycles. The molecular formula is C26H19F5N6OS. The molecule has 0 fully saturated rings. The van der Waals surface area contributed by atoms with Crippen molar-refractivity contribution in [2.75, 3.05) is 5.32 Å². The Balaban J connectivity index is 1.54. The van der Waals surface area contributed by atoms with Gasteiger partial charge >= 0.3 is 10.2 Å². The van der Waals surface area contributed by atoms with Crippen molar-refractivity contribution in [2.24, 2.45) is 0 Å². The minimum Gasteiger partial charge on any atom is -0.322 e. The van der Waals surface area contributed by atoms with Crippen LogP contribution in [0.2, 0.25) is 0 Å². The van der Waals surface area contributed by atoms with E-state index in [1.165, 1.54) is 6.07 Å². The molecule has 1 N–H and O–H groups in total. The van der Waals surface area contributed by atoms with Crippen molar-refractivity contribution >= 4 is 27.5 Å². The van der Waals surface area contributed by atoms with Crippen LogP contribution < -0.4 is 5.32 Å². The monoisotopic (exact) mass is 558 g/mol. The number of halogens is 5. The van der Waals surface area contributed by atoms with Crippen LogP contribution in [0.3, 0.4) is 0 Å². The maximum absolute atomic E-state index is 13.4. The summed E-state index contributed by atoms with van der Waals surface area (Å²) in [6.07, 6.45) is 6.85. The Labute approximate surface area is 218 Å². The number of fused-ring (bicyclic) bond motifs is 1. The van der Waals surface area contributed by atoms with E-state index >= 15 is 0 Å². The van der Waals surface area contributed by atoms with Crippen molar-refractivity contribution < 1.29 is 24.2 Å². The minimum absolute atomic E-state index is 0.0379. The number of nitrogens with one attached hydrogen (secondary N) is 1. The molecule has 0 aliphatic heterocycles. The number of carbonyl (C=O) groups excluding carboxylic acids is 1. The predicted molar refractivity (Wildman–Crippen MR) is 138 cm³/mol. The largest absolute Gasteiger partial charge is 0.322 e. The first-order valence-electron chi connectivity index (χ1n) is 11.3. The van der Waals surface area contributed by atoms with Gasteiger partial charge in [0.05, 0.1) is 23.0 Å². The highest BCUT2D eigenvalue weighted by Crippen LogP contribution is 3.02. The Morgan fingerprint density at radius 3 is 2.46 bits per heavy atom. The number of hydrogen-bond donors (Lipinski definition) is 1. The molecule has 3 heterocycles. The van der Waals surface area contributed by atoms with Crippen molar-refractivity contribution in [3.8, 4) is 23.0 Å². The van der Waals surface area contributed by atoms with E-state index in [1.54, 1.807) is 54.4 Å². The van der Waals surface area contributed by atoms with Gasteiger partial charge in [-0.2, -0.15) is 10.4 Å². The van der Waals surface area contributed by atoms with Crippen LogP contribution in [0.15, 0.2) is 78.2 Å². The number of rotatable bonds is 5. The summed E-state index contributed by atoms with van der Waals surface area (Å²) in [6, 6.07) is 11.1. The van der Waals surface area contributed by atoms with Crippen LogP contribution in [0.4, 0.5) is 25.1 Å². The van der Waals surface area contributed by atoms with Gasteiger partial charge < -0.3 is 5.32 Å². The van der Waals surface area contributed by atoms with Crippen molar-refractivity contribution in [3.63, 3.8) is 0 Å². The van der Waals surface area contributed by atoms with Gasteiger partial charge in [0.25, 0.3) is 5.91 Å². The summed E-state index contributed by atoms with van der Waals surface area (Å²) in [5.41, 5.74) is 3.07. The molecule has 0 spiro atoms. The molecule has 0 saturated carbocycles. The van der Waals surface area contributed by atoms with Gasteiger partial charge in [-0.25, -0.2) is 4.52 Å².